The lowest BCUT2D eigenvalue weighted by Gasteiger charge is -2.13. The summed E-state index contributed by atoms with van der Waals surface area (Å²) in [6, 6.07) is 0. The molecular weight excluding hydrogens is 380 g/mol. The predicted molar refractivity (Wildman–Crippen MR) is 138 cm³/mol. The molecule has 0 amide bonds. The van der Waals surface area contributed by atoms with Crippen molar-refractivity contribution >= 4 is 5.97 Å². The molecule has 0 rings (SSSR count). The maximum absolute atomic E-state index is 11.1. The van der Waals surface area contributed by atoms with Crippen LogP contribution in [0.1, 0.15) is 162 Å². The smallest absolute Gasteiger partial charge is 0.330 e. The van der Waals surface area contributed by atoms with E-state index >= 15 is 0 Å². The van der Waals surface area contributed by atoms with Crippen LogP contribution >= 0.6 is 0 Å². The maximum Gasteiger partial charge on any atom is 0.330 e. The highest BCUT2D eigenvalue weighted by Crippen LogP contribution is 2.21. The second-order valence-corrected chi connectivity index (χ2v) is 9.86. The van der Waals surface area contributed by atoms with Crippen LogP contribution in [0, 0.1) is 5.92 Å². The van der Waals surface area contributed by atoms with Crippen molar-refractivity contribution in [1.29, 1.82) is 0 Å². The molecule has 0 heterocycles. The van der Waals surface area contributed by atoms with Gasteiger partial charge in [0.1, 0.15) is 0 Å². The Morgan fingerprint density at radius 3 is 1.26 bits per heavy atom. The second kappa shape index (κ2) is 23.9. The van der Waals surface area contributed by atoms with Crippen LogP contribution in [0.15, 0.2) is 11.6 Å². The van der Waals surface area contributed by atoms with Crippen LogP contribution in [0.2, 0.25) is 0 Å². The Morgan fingerprint density at radius 1 is 0.581 bits per heavy atom. The molecule has 0 saturated carbocycles. The molecule has 1 unspecified atom stereocenters. The van der Waals surface area contributed by atoms with E-state index in [2.05, 4.69) is 13.8 Å². The van der Waals surface area contributed by atoms with Crippen LogP contribution in [0.5, 0.6) is 0 Å². The summed E-state index contributed by atoms with van der Waals surface area (Å²) >= 11 is 0. The number of allylic oxidation sites excluding steroid dienone is 1. The average Bonchev–Trinajstić information content (AvgIpc) is 2.76. The van der Waals surface area contributed by atoms with Gasteiger partial charge in [-0.1, -0.05) is 148 Å². The van der Waals surface area contributed by atoms with E-state index in [-0.39, 0.29) is 0 Å². The van der Waals surface area contributed by atoms with Gasteiger partial charge in [-0.05, 0) is 25.7 Å². The van der Waals surface area contributed by atoms with Crippen molar-refractivity contribution in [2.45, 2.75) is 162 Å². The molecular formula is C29H56O2. The highest BCUT2D eigenvalue weighted by molar-refractivity contribution is 5.85. The third-order valence-corrected chi connectivity index (χ3v) is 6.68. The van der Waals surface area contributed by atoms with Crippen molar-refractivity contribution in [3.8, 4) is 0 Å². The van der Waals surface area contributed by atoms with Gasteiger partial charge in [0.2, 0.25) is 0 Å². The molecule has 184 valence electrons. The normalized spacial score (nSPS) is 12.9. The Balaban J connectivity index is 3.44. The number of hydrogen-bond donors (Lipinski definition) is 1. The Hall–Kier alpha value is -0.790. The summed E-state index contributed by atoms with van der Waals surface area (Å²) in [4.78, 5) is 11.1. The van der Waals surface area contributed by atoms with E-state index in [1.165, 1.54) is 128 Å². The highest BCUT2D eigenvalue weighted by Gasteiger charge is 2.08. The Kier molecular flexibility index (Phi) is 23.3. The fourth-order valence-corrected chi connectivity index (χ4v) is 4.51. The van der Waals surface area contributed by atoms with Gasteiger partial charge in [-0.25, -0.2) is 4.79 Å². The van der Waals surface area contributed by atoms with Crippen molar-refractivity contribution in [1.82, 2.24) is 0 Å². The third kappa shape index (κ3) is 22.2. The first kappa shape index (κ1) is 30.2. The van der Waals surface area contributed by atoms with E-state index in [0.717, 1.165) is 12.8 Å². The Labute approximate surface area is 195 Å². The zero-order chi connectivity index (χ0) is 23.0. The molecule has 0 aromatic rings. The van der Waals surface area contributed by atoms with Crippen molar-refractivity contribution in [3.63, 3.8) is 0 Å². The number of carbonyl (C=O) groups is 1. The number of hydrogen-bond acceptors (Lipinski definition) is 1. The molecule has 0 radical (unpaired) electrons. The average molecular weight is 437 g/mol. The molecule has 1 N–H and O–H groups in total. The van der Waals surface area contributed by atoms with Crippen LogP contribution in [0.3, 0.4) is 0 Å². The number of carboxylic acid groups (broad SMARTS) is 1. The van der Waals surface area contributed by atoms with E-state index in [4.69, 9.17) is 5.11 Å². The van der Waals surface area contributed by atoms with Crippen molar-refractivity contribution < 1.29 is 9.90 Å². The van der Waals surface area contributed by atoms with Crippen molar-refractivity contribution in [2.75, 3.05) is 0 Å². The monoisotopic (exact) mass is 436 g/mol. The molecule has 0 aromatic carbocycles. The minimum Gasteiger partial charge on any atom is -0.478 e. The topological polar surface area (TPSA) is 37.3 Å². The predicted octanol–water partition coefficient (Wildman–Crippen LogP) is 10.3. The minimum atomic E-state index is -0.765. The van der Waals surface area contributed by atoms with Crippen LogP contribution in [0.25, 0.3) is 0 Å². The lowest BCUT2D eigenvalue weighted by molar-refractivity contribution is -0.132. The lowest BCUT2D eigenvalue weighted by atomic mass is 9.93. The zero-order valence-corrected chi connectivity index (χ0v) is 21.6. The van der Waals surface area contributed by atoms with Gasteiger partial charge < -0.3 is 5.11 Å². The van der Waals surface area contributed by atoms with E-state index in [1.54, 1.807) is 6.92 Å². The fourth-order valence-electron chi connectivity index (χ4n) is 4.51. The van der Waals surface area contributed by atoms with Gasteiger partial charge in [-0.15, -0.1) is 0 Å². The molecule has 0 aliphatic rings. The second-order valence-electron chi connectivity index (χ2n) is 9.86. The molecule has 0 saturated heterocycles. The third-order valence-electron chi connectivity index (χ3n) is 6.68. The minimum absolute atomic E-state index is 0.456. The first-order valence-corrected chi connectivity index (χ1v) is 14.0. The van der Waals surface area contributed by atoms with Gasteiger partial charge >= 0.3 is 5.97 Å². The molecule has 0 aromatic heterocycles. The van der Waals surface area contributed by atoms with Crippen LogP contribution in [-0.4, -0.2) is 11.1 Å². The van der Waals surface area contributed by atoms with Crippen LogP contribution in [0.4, 0.5) is 0 Å². The van der Waals surface area contributed by atoms with Gasteiger partial charge in [0.05, 0.1) is 0 Å². The first-order valence-electron chi connectivity index (χ1n) is 14.0. The maximum atomic E-state index is 11.1. The van der Waals surface area contributed by atoms with E-state index in [1.807, 2.05) is 6.08 Å². The van der Waals surface area contributed by atoms with Crippen molar-refractivity contribution in [3.05, 3.63) is 11.6 Å². The molecule has 0 aliphatic carbocycles. The SMILES string of the molecule is CCCCCCCCCCCCCCCCCCCCC(C=C(C)C(=O)O)CCCC. The van der Waals surface area contributed by atoms with Crippen molar-refractivity contribution in [2.24, 2.45) is 5.92 Å². The standard InChI is InChI=1S/C29H56O2/c1-4-6-8-9-10-11-12-13-14-15-16-17-18-19-20-21-22-23-25-28(24-7-5-2)26-27(3)29(30)31/h26,28H,4-25H2,1-3H3,(H,30,31). The first-order chi connectivity index (χ1) is 15.1. The lowest BCUT2D eigenvalue weighted by Crippen LogP contribution is -2.03. The molecule has 2 heteroatoms. The van der Waals surface area contributed by atoms with Gasteiger partial charge in [-0.3, -0.25) is 0 Å². The Bertz CT molecular complexity index is 413. The van der Waals surface area contributed by atoms with Crippen LogP contribution in [-0.2, 0) is 4.79 Å². The molecule has 0 fully saturated rings. The summed E-state index contributed by atoms with van der Waals surface area (Å²) in [6.07, 6.45) is 32.0. The molecule has 0 aliphatic heterocycles. The molecule has 2 nitrogen and oxygen atoms in total. The summed E-state index contributed by atoms with van der Waals surface area (Å²) in [5, 5.41) is 9.12. The number of unbranched alkanes of at least 4 members (excludes halogenated alkanes) is 18. The summed E-state index contributed by atoms with van der Waals surface area (Å²) in [5.41, 5.74) is 0.517. The summed E-state index contributed by atoms with van der Waals surface area (Å²) < 4.78 is 0. The quantitative estimate of drug-likeness (QED) is 0.121. The fraction of sp³-hybridized carbons (Fsp3) is 0.897. The highest BCUT2D eigenvalue weighted by atomic mass is 16.4. The number of rotatable bonds is 24. The van der Waals surface area contributed by atoms with Gasteiger partial charge in [0.25, 0.3) is 0 Å². The molecule has 0 spiro atoms. The van der Waals surface area contributed by atoms with E-state index < -0.39 is 5.97 Å². The molecule has 1 atom stereocenters. The summed E-state index contributed by atoms with van der Waals surface area (Å²) in [7, 11) is 0. The number of carboxylic acids is 1. The Morgan fingerprint density at radius 2 is 0.903 bits per heavy atom. The van der Waals surface area contributed by atoms with Crippen LogP contribution < -0.4 is 0 Å². The molecule has 0 bridgehead atoms. The summed E-state index contributed by atoms with van der Waals surface area (Å²) in [5.74, 6) is -0.309. The molecule has 31 heavy (non-hydrogen) atoms. The number of aliphatic carboxylic acids is 1. The zero-order valence-electron chi connectivity index (χ0n) is 21.6. The van der Waals surface area contributed by atoms with E-state index in [9.17, 15) is 4.79 Å². The summed E-state index contributed by atoms with van der Waals surface area (Å²) in [6.45, 7) is 6.23. The van der Waals surface area contributed by atoms with Gasteiger partial charge in [0.15, 0.2) is 0 Å². The van der Waals surface area contributed by atoms with Gasteiger partial charge in [0, 0.05) is 5.57 Å². The van der Waals surface area contributed by atoms with Gasteiger partial charge in [-0.2, -0.15) is 0 Å². The van der Waals surface area contributed by atoms with E-state index in [0.29, 0.717) is 11.5 Å². The largest absolute Gasteiger partial charge is 0.478 e.